The van der Waals surface area contributed by atoms with E-state index in [1.165, 1.54) is 11.0 Å². The van der Waals surface area contributed by atoms with Crippen LogP contribution < -0.4 is 10.1 Å². The lowest BCUT2D eigenvalue weighted by Crippen LogP contribution is -2.53. The number of benzene rings is 2. The Morgan fingerprint density at radius 2 is 1.90 bits per heavy atom. The van der Waals surface area contributed by atoms with Crippen LogP contribution in [0.3, 0.4) is 0 Å². The minimum absolute atomic E-state index is 0.0678. The number of rotatable bonds is 7. The zero-order valence-electron chi connectivity index (χ0n) is 17.3. The van der Waals surface area contributed by atoms with Crippen molar-refractivity contribution in [3.63, 3.8) is 0 Å². The van der Waals surface area contributed by atoms with Crippen molar-refractivity contribution in [2.24, 2.45) is 0 Å². The molecule has 0 aromatic heterocycles. The van der Waals surface area contributed by atoms with Crippen LogP contribution in [0.1, 0.15) is 33.3 Å². The molecule has 30 heavy (non-hydrogen) atoms. The fourth-order valence-corrected chi connectivity index (χ4v) is 3.41. The Labute approximate surface area is 189 Å². The highest BCUT2D eigenvalue weighted by Crippen LogP contribution is 2.27. The molecule has 0 saturated carbocycles. The first-order chi connectivity index (χ1) is 14.0. The van der Waals surface area contributed by atoms with Crippen molar-refractivity contribution >= 4 is 39.3 Å². The van der Waals surface area contributed by atoms with Gasteiger partial charge in [-0.15, -0.1) is 0 Å². The van der Waals surface area contributed by atoms with E-state index in [-0.39, 0.29) is 19.1 Å². The minimum atomic E-state index is -0.833. The zero-order valence-corrected chi connectivity index (χ0v) is 19.7. The summed E-state index contributed by atoms with van der Waals surface area (Å²) in [6.07, 6.45) is 0. The lowest BCUT2D eigenvalue weighted by Gasteiger charge is -2.31. The second-order valence-corrected chi connectivity index (χ2v) is 9.21. The van der Waals surface area contributed by atoms with Crippen molar-refractivity contribution in [3.8, 4) is 5.75 Å². The second-order valence-electron chi connectivity index (χ2n) is 7.89. The fourth-order valence-electron chi connectivity index (χ4n) is 2.68. The molecule has 162 valence electrons. The Morgan fingerprint density at radius 3 is 2.50 bits per heavy atom. The molecule has 0 spiro atoms. The Kier molecular flexibility index (Phi) is 8.26. The number of amides is 2. The van der Waals surface area contributed by atoms with Gasteiger partial charge in [0.15, 0.2) is 6.61 Å². The Balaban J connectivity index is 2.21. The Hall–Kier alpha value is -2.12. The van der Waals surface area contributed by atoms with Gasteiger partial charge in [0, 0.05) is 22.1 Å². The highest BCUT2D eigenvalue weighted by atomic mass is 79.9. The molecule has 8 heteroatoms. The van der Waals surface area contributed by atoms with Crippen molar-refractivity contribution in [3.05, 3.63) is 63.3 Å². The van der Waals surface area contributed by atoms with Crippen LogP contribution in [0, 0.1) is 5.82 Å². The second kappa shape index (κ2) is 10.3. The maximum Gasteiger partial charge on any atom is 0.261 e. The van der Waals surface area contributed by atoms with Gasteiger partial charge in [0.05, 0.1) is 5.02 Å². The highest BCUT2D eigenvalue weighted by molar-refractivity contribution is 9.10. The van der Waals surface area contributed by atoms with Crippen molar-refractivity contribution in [1.29, 1.82) is 0 Å². The maximum absolute atomic E-state index is 14.2. The predicted molar refractivity (Wildman–Crippen MR) is 119 cm³/mol. The third-order valence-corrected chi connectivity index (χ3v) is 5.00. The number of carbonyl (C=O) groups is 2. The SMILES string of the molecule is CC(C(=O)NC(C)(C)C)N(Cc1ccccc1F)C(=O)COc1ccc(Br)cc1Cl. The highest BCUT2D eigenvalue weighted by Gasteiger charge is 2.29. The monoisotopic (exact) mass is 498 g/mol. The first kappa shape index (κ1) is 24.2. The summed E-state index contributed by atoms with van der Waals surface area (Å²) in [4.78, 5) is 26.9. The van der Waals surface area contributed by atoms with Crippen LogP contribution in [0.15, 0.2) is 46.9 Å². The maximum atomic E-state index is 14.2. The number of hydrogen-bond acceptors (Lipinski definition) is 3. The van der Waals surface area contributed by atoms with Gasteiger partial charge < -0.3 is 15.0 Å². The van der Waals surface area contributed by atoms with E-state index in [1.54, 1.807) is 43.3 Å². The van der Waals surface area contributed by atoms with E-state index >= 15 is 0 Å². The van der Waals surface area contributed by atoms with Gasteiger partial charge in [-0.1, -0.05) is 45.7 Å². The van der Waals surface area contributed by atoms with E-state index in [0.717, 1.165) is 4.47 Å². The van der Waals surface area contributed by atoms with E-state index < -0.39 is 23.3 Å². The quantitative estimate of drug-likeness (QED) is 0.586. The Morgan fingerprint density at radius 1 is 1.23 bits per heavy atom. The normalized spacial score (nSPS) is 12.2. The van der Waals surface area contributed by atoms with Crippen molar-refractivity contribution < 1.29 is 18.7 Å². The lowest BCUT2D eigenvalue weighted by atomic mass is 10.1. The summed E-state index contributed by atoms with van der Waals surface area (Å²) in [7, 11) is 0. The van der Waals surface area contributed by atoms with E-state index in [0.29, 0.717) is 16.3 Å². The molecule has 5 nitrogen and oxygen atoms in total. The fraction of sp³-hybridized carbons (Fsp3) is 0.364. The number of nitrogens with one attached hydrogen (secondary N) is 1. The van der Waals surface area contributed by atoms with Gasteiger partial charge in [0.2, 0.25) is 5.91 Å². The topological polar surface area (TPSA) is 58.6 Å². The molecule has 1 N–H and O–H groups in total. The standard InChI is InChI=1S/C22H25BrClFN2O3/c1-14(21(29)26-22(2,3)4)27(12-15-7-5-6-8-18(15)25)20(28)13-30-19-10-9-16(23)11-17(19)24/h5-11,14H,12-13H2,1-4H3,(H,26,29). The third kappa shape index (κ3) is 6.99. The largest absolute Gasteiger partial charge is 0.482 e. The molecule has 0 fully saturated rings. The molecule has 2 rings (SSSR count). The van der Waals surface area contributed by atoms with E-state index in [1.807, 2.05) is 20.8 Å². The zero-order chi connectivity index (χ0) is 22.5. The first-order valence-electron chi connectivity index (χ1n) is 9.40. The number of ether oxygens (including phenoxy) is 1. The third-order valence-electron chi connectivity index (χ3n) is 4.21. The number of halogens is 3. The van der Waals surface area contributed by atoms with Gasteiger partial charge in [-0.25, -0.2) is 4.39 Å². The van der Waals surface area contributed by atoms with E-state index in [4.69, 9.17) is 16.3 Å². The molecule has 0 aliphatic rings. The summed E-state index contributed by atoms with van der Waals surface area (Å²) in [5, 5.41) is 3.19. The average Bonchev–Trinajstić information content (AvgIpc) is 2.64. The molecule has 1 atom stereocenters. The van der Waals surface area contributed by atoms with Gasteiger partial charge in [0.1, 0.15) is 17.6 Å². The molecule has 2 aromatic rings. The van der Waals surface area contributed by atoms with Crippen LogP contribution in [0.4, 0.5) is 4.39 Å². The van der Waals surface area contributed by atoms with Gasteiger partial charge in [0.25, 0.3) is 5.91 Å². The summed E-state index contributed by atoms with van der Waals surface area (Å²) in [5.41, 5.74) is -0.164. The molecular formula is C22H25BrClFN2O3. The molecule has 1 unspecified atom stereocenters. The first-order valence-corrected chi connectivity index (χ1v) is 10.6. The average molecular weight is 500 g/mol. The molecule has 2 aromatic carbocycles. The van der Waals surface area contributed by atoms with Crippen LogP contribution >= 0.6 is 27.5 Å². The van der Waals surface area contributed by atoms with Crippen LogP contribution in [0.25, 0.3) is 0 Å². The molecular weight excluding hydrogens is 475 g/mol. The number of nitrogens with zero attached hydrogens (tertiary/aromatic N) is 1. The van der Waals surface area contributed by atoms with Crippen LogP contribution in [-0.4, -0.2) is 34.9 Å². The molecule has 0 aliphatic carbocycles. The number of hydrogen-bond donors (Lipinski definition) is 1. The van der Waals surface area contributed by atoms with Gasteiger partial charge in [-0.3, -0.25) is 9.59 Å². The van der Waals surface area contributed by atoms with E-state index in [9.17, 15) is 14.0 Å². The molecule has 0 bridgehead atoms. The van der Waals surface area contributed by atoms with Crippen molar-refractivity contribution in [2.45, 2.75) is 45.8 Å². The molecule has 0 heterocycles. The minimum Gasteiger partial charge on any atom is -0.482 e. The molecule has 0 aliphatic heterocycles. The summed E-state index contributed by atoms with van der Waals surface area (Å²) in [5.74, 6) is -0.913. The Bertz CT molecular complexity index is 917. The van der Waals surface area contributed by atoms with Crippen molar-refractivity contribution in [2.75, 3.05) is 6.61 Å². The summed E-state index contributed by atoms with van der Waals surface area (Å²) in [6, 6.07) is 10.3. The van der Waals surface area contributed by atoms with Crippen LogP contribution in [-0.2, 0) is 16.1 Å². The smallest absolute Gasteiger partial charge is 0.261 e. The van der Waals surface area contributed by atoms with Crippen molar-refractivity contribution in [1.82, 2.24) is 10.2 Å². The lowest BCUT2D eigenvalue weighted by molar-refractivity contribution is -0.142. The van der Waals surface area contributed by atoms with Gasteiger partial charge in [-0.2, -0.15) is 0 Å². The summed E-state index contributed by atoms with van der Waals surface area (Å²) >= 11 is 9.44. The number of carbonyl (C=O) groups excluding carboxylic acids is 2. The molecule has 2 amide bonds. The molecule has 0 saturated heterocycles. The summed E-state index contributed by atoms with van der Waals surface area (Å²) in [6.45, 7) is 6.73. The predicted octanol–water partition coefficient (Wildman–Crippen LogP) is 4.95. The van der Waals surface area contributed by atoms with Crippen LogP contribution in [0.2, 0.25) is 5.02 Å². The van der Waals surface area contributed by atoms with Crippen LogP contribution in [0.5, 0.6) is 5.75 Å². The van der Waals surface area contributed by atoms with Gasteiger partial charge in [-0.05, 0) is 52.0 Å². The molecule has 0 radical (unpaired) electrons. The van der Waals surface area contributed by atoms with E-state index in [2.05, 4.69) is 21.2 Å². The van der Waals surface area contributed by atoms with Gasteiger partial charge >= 0.3 is 0 Å². The summed E-state index contributed by atoms with van der Waals surface area (Å²) < 4.78 is 20.5.